The molecule has 0 aromatic heterocycles. The molecule has 0 radical (unpaired) electrons. The fourth-order valence-electron chi connectivity index (χ4n) is 2.49. The van der Waals surface area contributed by atoms with Gasteiger partial charge in [0.25, 0.3) is 0 Å². The predicted octanol–water partition coefficient (Wildman–Crippen LogP) is 3.84. The van der Waals surface area contributed by atoms with E-state index in [-0.39, 0.29) is 18.4 Å². The molecule has 8 heteroatoms. The third kappa shape index (κ3) is 4.48. The molecule has 0 fully saturated rings. The van der Waals surface area contributed by atoms with Gasteiger partial charge in [0.2, 0.25) is 6.79 Å². The van der Waals surface area contributed by atoms with Gasteiger partial charge in [0.05, 0.1) is 5.02 Å². The molecule has 1 aliphatic rings. The van der Waals surface area contributed by atoms with Crippen LogP contribution in [0.15, 0.2) is 12.1 Å². The normalized spacial score (nSPS) is 14.1. The van der Waals surface area contributed by atoms with Crippen molar-refractivity contribution in [2.24, 2.45) is 0 Å². The maximum absolute atomic E-state index is 12.5. The van der Waals surface area contributed by atoms with Crippen LogP contribution >= 0.6 is 11.6 Å². The molecule has 1 aromatic carbocycles. The molecule has 0 aliphatic carbocycles. The molecule has 1 N–H and O–H groups in total. The lowest BCUT2D eigenvalue weighted by Gasteiger charge is -2.31. The Bertz CT molecular complexity index is 670. The molecule has 1 unspecified atom stereocenters. The number of hydrogen-bond acceptors (Lipinski definition) is 5. The van der Waals surface area contributed by atoms with E-state index in [0.29, 0.717) is 23.5 Å². The summed E-state index contributed by atoms with van der Waals surface area (Å²) in [5, 5.41) is 9.98. The molecular formula is C17H22ClNO6. The van der Waals surface area contributed by atoms with Crippen LogP contribution in [0.3, 0.4) is 0 Å². The van der Waals surface area contributed by atoms with Crippen LogP contribution in [0.25, 0.3) is 0 Å². The van der Waals surface area contributed by atoms with Crippen molar-refractivity contribution in [3.05, 3.63) is 22.7 Å². The molecule has 0 saturated carbocycles. The van der Waals surface area contributed by atoms with Crippen molar-refractivity contribution in [3.8, 4) is 11.5 Å². The Labute approximate surface area is 151 Å². The average molecular weight is 372 g/mol. The molecule has 0 spiro atoms. The minimum Gasteiger partial charge on any atom is -0.479 e. The van der Waals surface area contributed by atoms with Crippen molar-refractivity contribution >= 4 is 23.7 Å². The van der Waals surface area contributed by atoms with Gasteiger partial charge in [-0.2, -0.15) is 0 Å². The summed E-state index contributed by atoms with van der Waals surface area (Å²) in [6, 6.07) is 1.75. The zero-order valence-corrected chi connectivity index (χ0v) is 15.4. The second-order valence-corrected chi connectivity index (χ2v) is 7.06. The molecule has 0 bridgehead atoms. The maximum Gasteiger partial charge on any atom is 0.411 e. The number of carboxylic acids is 1. The topological polar surface area (TPSA) is 85.3 Å². The van der Waals surface area contributed by atoms with E-state index in [1.54, 1.807) is 20.8 Å². The summed E-state index contributed by atoms with van der Waals surface area (Å²) in [5.74, 6) is -0.461. The van der Waals surface area contributed by atoms with Crippen LogP contribution in [0.5, 0.6) is 11.5 Å². The minimum atomic E-state index is -1.25. The van der Waals surface area contributed by atoms with Gasteiger partial charge in [0.1, 0.15) is 5.60 Å². The highest BCUT2D eigenvalue weighted by atomic mass is 35.5. The largest absolute Gasteiger partial charge is 0.479 e. The molecule has 1 heterocycles. The van der Waals surface area contributed by atoms with Crippen molar-refractivity contribution in [2.45, 2.75) is 45.8 Å². The number of nitrogens with zero attached hydrogens (tertiary/aromatic N) is 1. The first-order valence-corrected chi connectivity index (χ1v) is 8.33. The van der Waals surface area contributed by atoms with Gasteiger partial charge in [-0.3, -0.25) is 4.90 Å². The van der Waals surface area contributed by atoms with E-state index >= 15 is 0 Å². The fraction of sp³-hybridized carbons (Fsp3) is 0.529. The lowest BCUT2D eigenvalue weighted by Crippen LogP contribution is -2.42. The Morgan fingerprint density at radius 3 is 2.60 bits per heavy atom. The third-order valence-corrected chi connectivity index (χ3v) is 3.68. The first-order valence-electron chi connectivity index (χ1n) is 7.95. The molecule has 1 atom stereocenters. The van der Waals surface area contributed by atoms with Crippen LogP contribution in [0, 0.1) is 0 Å². The Balaban J connectivity index is 2.42. The summed E-state index contributed by atoms with van der Waals surface area (Å²) in [6.07, 6.45) is -0.128. The fourth-order valence-corrected chi connectivity index (χ4v) is 2.76. The number of carbonyl (C=O) groups excluding carboxylic acids is 1. The lowest BCUT2D eigenvalue weighted by atomic mass is 10.0. The predicted molar refractivity (Wildman–Crippen MR) is 91.2 cm³/mol. The number of fused-ring (bicyclic) bond motifs is 1. The van der Waals surface area contributed by atoms with Crippen molar-refractivity contribution in [3.63, 3.8) is 0 Å². The summed E-state index contributed by atoms with van der Waals surface area (Å²) in [4.78, 5) is 25.7. The van der Waals surface area contributed by atoms with Gasteiger partial charge in [-0.15, -0.1) is 0 Å². The summed E-state index contributed by atoms with van der Waals surface area (Å²) >= 11 is 6.16. The van der Waals surface area contributed by atoms with E-state index in [0.717, 1.165) is 0 Å². The van der Waals surface area contributed by atoms with Gasteiger partial charge < -0.3 is 19.3 Å². The van der Waals surface area contributed by atoms with E-state index in [1.807, 2.05) is 6.92 Å². The Hall–Kier alpha value is -2.15. The molecule has 138 valence electrons. The van der Waals surface area contributed by atoms with Crippen LogP contribution in [-0.4, -0.2) is 41.0 Å². The molecule has 7 nitrogen and oxygen atoms in total. The standard InChI is InChI=1S/C17H22ClNO6/c1-5-6-19(16(22)25-17(2,3)4)13(15(20)21)10-7-11(18)14-12(8-10)23-9-24-14/h7-8,13H,5-6,9H2,1-4H3,(H,20,21). The van der Waals surface area contributed by atoms with Crippen LogP contribution < -0.4 is 9.47 Å². The van der Waals surface area contributed by atoms with Crippen molar-refractivity contribution < 1.29 is 28.9 Å². The zero-order chi connectivity index (χ0) is 18.8. The molecule has 25 heavy (non-hydrogen) atoms. The number of benzene rings is 1. The van der Waals surface area contributed by atoms with E-state index in [2.05, 4.69) is 0 Å². The molecule has 0 saturated heterocycles. The second kappa shape index (κ2) is 7.39. The third-order valence-electron chi connectivity index (χ3n) is 3.40. The lowest BCUT2D eigenvalue weighted by molar-refractivity contribution is -0.143. The first-order chi connectivity index (χ1) is 11.6. The maximum atomic E-state index is 12.5. The summed E-state index contributed by atoms with van der Waals surface area (Å²) in [6.45, 7) is 7.26. The number of hydrogen-bond donors (Lipinski definition) is 1. The SMILES string of the molecule is CCCN(C(=O)OC(C)(C)C)C(C(=O)O)c1cc(Cl)c2c(c1)OCO2. The second-order valence-electron chi connectivity index (χ2n) is 6.65. The number of carbonyl (C=O) groups is 2. The van der Waals surface area contributed by atoms with E-state index in [9.17, 15) is 14.7 Å². The number of ether oxygens (including phenoxy) is 3. The Kier molecular flexibility index (Phi) is 5.67. The molecule has 1 aromatic rings. The van der Waals surface area contributed by atoms with Gasteiger partial charge >= 0.3 is 12.1 Å². The van der Waals surface area contributed by atoms with Gasteiger partial charge in [-0.1, -0.05) is 18.5 Å². The quantitative estimate of drug-likeness (QED) is 0.846. The van der Waals surface area contributed by atoms with Crippen LogP contribution in [0.4, 0.5) is 4.79 Å². The number of amides is 1. The van der Waals surface area contributed by atoms with E-state index in [4.69, 9.17) is 25.8 Å². The summed E-state index contributed by atoms with van der Waals surface area (Å²) in [7, 11) is 0. The van der Waals surface area contributed by atoms with Gasteiger partial charge in [0.15, 0.2) is 17.5 Å². The molecule has 1 amide bonds. The summed E-state index contributed by atoms with van der Waals surface area (Å²) in [5.41, 5.74) is -0.417. The van der Waals surface area contributed by atoms with Gasteiger partial charge in [0, 0.05) is 6.54 Å². The Morgan fingerprint density at radius 2 is 2.04 bits per heavy atom. The average Bonchev–Trinajstić information content (AvgIpc) is 2.93. The minimum absolute atomic E-state index is 0.0149. The van der Waals surface area contributed by atoms with E-state index in [1.165, 1.54) is 17.0 Å². The van der Waals surface area contributed by atoms with Crippen molar-refractivity contribution in [2.75, 3.05) is 13.3 Å². The number of aliphatic carboxylic acids is 1. The number of carboxylic acid groups (broad SMARTS) is 1. The van der Waals surface area contributed by atoms with Gasteiger partial charge in [-0.25, -0.2) is 9.59 Å². The van der Waals surface area contributed by atoms with Crippen molar-refractivity contribution in [1.29, 1.82) is 0 Å². The highest BCUT2D eigenvalue weighted by molar-refractivity contribution is 6.32. The molecule has 2 rings (SSSR count). The smallest absolute Gasteiger partial charge is 0.411 e. The first kappa shape index (κ1) is 19.2. The van der Waals surface area contributed by atoms with Crippen LogP contribution in [-0.2, 0) is 9.53 Å². The molecular weight excluding hydrogens is 350 g/mol. The van der Waals surface area contributed by atoms with Crippen LogP contribution in [0.2, 0.25) is 5.02 Å². The van der Waals surface area contributed by atoms with E-state index < -0.39 is 23.7 Å². The summed E-state index contributed by atoms with van der Waals surface area (Å²) < 4.78 is 15.9. The Morgan fingerprint density at radius 1 is 1.36 bits per heavy atom. The monoisotopic (exact) mass is 371 g/mol. The highest BCUT2D eigenvalue weighted by Gasteiger charge is 2.35. The molecule has 1 aliphatic heterocycles. The number of halogens is 1. The van der Waals surface area contributed by atoms with Crippen molar-refractivity contribution in [1.82, 2.24) is 4.90 Å². The van der Waals surface area contributed by atoms with Crippen LogP contribution in [0.1, 0.15) is 45.7 Å². The zero-order valence-electron chi connectivity index (χ0n) is 14.7. The number of rotatable bonds is 5. The highest BCUT2D eigenvalue weighted by Crippen LogP contribution is 2.42. The van der Waals surface area contributed by atoms with Gasteiger partial charge in [-0.05, 0) is 44.9 Å².